The lowest BCUT2D eigenvalue weighted by Gasteiger charge is -2.35. The van der Waals surface area contributed by atoms with Crippen LogP contribution in [-0.4, -0.2) is 14.5 Å². The number of rotatable bonds is 3. The summed E-state index contributed by atoms with van der Waals surface area (Å²) in [6.45, 7) is 5.87. The molecule has 4 nitrogen and oxygen atoms in total. The Balaban J connectivity index is 2.25. The molecule has 0 aromatic heterocycles. The molecular weight excluding hydrogens is 291 g/mol. The molecule has 6 heteroatoms. The fraction of sp³-hybridized carbons (Fsp3) is 0.600. The zero-order chi connectivity index (χ0) is 15.8. The molecule has 0 spiro atoms. The maximum absolute atomic E-state index is 13.4. The Labute approximate surface area is 126 Å². The highest BCUT2D eigenvalue weighted by atomic mass is 32.2. The lowest BCUT2D eigenvalue weighted by atomic mass is 9.75. The first-order valence-corrected chi connectivity index (χ1v) is 8.67. The van der Waals surface area contributed by atoms with Gasteiger partial charge in [0.25, 0.3) is 0 Å². The standard InChI is InChI=1S/C15H23FN2O2S/c1-10-7-12(16)13(17)8-14(10)21(19,20)18-11-5-4-6-15(2,3)9-11/h7-8,11,18H,4-6,9,17H2,1-3H3. The van der Waals surface area contributed by atoms with E-state index in [2.05, 4.69) is 18.6 Å². The Morgan fingerprint density at radius 3 is 2.67 bits per heavy atom. The number of sulfonamides is 1. The average Bonchev–Trinajstić information content (AvgIpc) is 2.31. The minimum atomic E-state index is -3.68. The summed E-state index contributed by atoms with van der Waals surface area (Å²) in [5.41, 5.74) is 5.85. The molecule has 1 atom stereocenters. The Morgan fingerprint density at radius 2 is 2.05 bits per heavy atom. The summed E-state index contributed by atoms with van der Waals surface area (Å²) in [4.78, 5) is 0.0600. The monoisotopic (exact) mass is 314 g/mol. The summed E-state index contributed by atoms with van der Waals surface area (Å²) >= 11 is 0. The fourth-order valence-electron chi connectivity index (χ4n) is 3.04. The second-order valence-corrected chi connectivity index (χ2v) is 8.40. The third-order valence-corrected chi connectivity index (χ3v) is 5.77. The zero-order valence-corrected chi connectivity index (χ0v) is 13.6. The van der Waals surface area contributed by atoms with E-state index < -0.39 is 15.8 Å². The molecule has 1 aromatic carbocycles. The molecule has 0 bridgehead atoms. The van der Waals surface area contributed by atoms with Crippen molar-refractivity contribution in [2.24, 2.45) is 5.41 Å². The van der Waals surface area contributed by atoms with Crippen molar-refractivity contribution < 1.29 is 12.8 Å². The molecule has 1 aromatic rings. The summed E-state index contributed by atoms with van der Waals surface area (Å²) in [5, 5.41) is 0. The minimum Gasteiger partial charge on any atom is -0.396 e. The van der Waals surface area contributed by atoms with Crippen molar-refractivity contribution in [1.29, 1.82) is 0 Å². The van der Waals surface area contributed by atoms with Crippen molar-refractivity contribution in [1.82, 2.24) is 4.72 Å². The Bertz CT molecular complexity index is 641. The van der Waals surface area contributed by atoms with Crippen molar-refractivity contribution in [3.05, 3.63) is 23.5 Å². The van der Waals surface area contributed by atoms with Crippen molar-refractivity contribution in [2.75, 3.05) is 5.73 Å². The number of nitrogens with two attached hydrogens (primary N) is 1. The number of hydrogen-bond acceptors (Lipinski definition) is 3. The fourth-order valence-corrected chi connectivity index (χ4v) is 4.57. The van der Waals surface area contributed by atoms with Crippen LogP contribution in [0.1, 0.15) is 45.1 Å². The van der Waals surface area contributed by atoms with E-state index in [1.807, 2.05) is 0 Å². The van der Waals surface area contributed by atoms with Gasteiger partial charge < -0.3 is 5.73 Å². The molecule has 0 radical (unpaired) electrons. The second kappa shape index (κ2) is 5.57. The quantitative estimate of drug-likeness (QED) is 0.843. The Kier molecular flexibility index (Phi) is 4.31. The second-order valence-electron chi connectivity index (χ2n) is 6.72. The van der Waals surface area contributed by atoms with Crippen LogP contribution in [0.15, 0.2) is 17.0 Å². The van der Waals surface area contributed by atoms with Gasteiger partial charge in [-0.3, -0.25) is 0 Å². The van der Waals surface area contributed by atoms with Gasteiger partial charge in [0.15, 0.2) is 0 Å². The van der Waals surface area contributed by atoms with Gasteiger partial charge in [-0.2, -0.15) is 0 Å². The van der Waals surface area contributed by atoms with Crippen LogP contribution in [0.2, 0.25) is 0 Å². The van der Waals surface area contributed by atoms with E-state index >= 15 is 0 Å². The molecule has 1 saturated carbocycles. The third kappa shape index (κ3) is 3.74. The Morgan fingerprint density at radius 1 is 1.38 bits per heavy atom. The van der Waals surface area contributed by atoms with E-state index in [4.69, 9.17) is 5.73 Å². The smallest absolute Gasteiger partial charge is 0.241 e. The van der Waals surface area contributed by atoms with Gasteiger partial charge in [0.05, 0.1) is 10.6 Å². The highest BCUT2D eigenvalue weighted by molar-refractivity contribution is 7.89. The summed E-state index contributed by atoms with van der Waals surface area (Å²) in [6.07, 6.45) is 3.75. The number of hydrogen-bond donors (Lipinski definition) is 2. The molecule has 0 aliphatic heterocycles. The molecule has 1 aliphatic rings. The van der Waals surface area contributed by atoms with Gasteiger partial charge in [0.1, 0.15) is 5.82 Å². The summed E-state index contributed by atoms with van der Waals surface area (Å²) in [5.74, 6) is -0.592. The van der Waals surface area contributed by atoms with Gasteiger partial charge in [-0.05, 0) is 49.3 Å². The highest BCUT2D eigenvalue weighted by Crippen LogP contribution is 2.35. The predicted molar refractivity (Wildman–Crippen MR) is 81.9 cm³/mol. The Hall–Kier alpha value is -1.14. The molecule has 0 amide bonds. The number of nitrogens with one attached hydrogen (secondary N) is 1. The first kappa shape index (κ1) is 16.2. The largest absolute Gasteiger partial charge is 0.396 e. The van der Waals surface area contributed by atoms with Gasteiger partial charge in [0, 0.05) is 6.04 Å². The van der Waals surface area contributed by atoms with Crippen LogP contribution < -0.4 is 10.5 Å². The predicted octanol–water partition coefficient (Wildman–Crippen LogP) is 2.96. The van der Waals surface area contributed by atoms with E-state index in [0.717, 1.165) is 31.7 Å². The number of nitrogen functional groups attached to an aromatic ring is 1. The SMILES string of the molecule is Cc1cc(F)c(N)cc1S(=O)(=O)NC1CCCC(C)(C)C1. The van der Waals surface area contributed by atoms with Gasteiger partial charge >= 0.3 is 0 Å². The average molecular weight is 314 g/mol. The highest BCUT2D eigenvalue weighted by Gasteiger charge is 2.31. The van der Waals surface area contributed by atoms with Crippen molar-refractivity contribution in [2.45, 2.75) is 57.4 Å². The van der Waals surface area contributed by atoms with Crippen LogP contribution in [-0.2, 0) is 10.0 Å². The molecule has 3 N–H and O–H groups in total. The van der Waals surface area contributed by atoms with Crippen LogP contribution in [0.25, 0.3) is 0 Å². The molecule has 0 saturated heterocycles. The van der Waals surface area contributed by atoms with Crippen LogP contribution >= 0.6 is 0 Å². The number of halogens is 1. The molecular formula is C15H23FN2O2S. The van der Waals surface area contributed by atoms with Crippen LogP contribution in [0.5, 0.6) is 0 Å². The number of aryl methyl sites for hydroxylation is 1. The van der Waals surface area contributed by atoms with Gasteiger partial charge in [0.2, 0.25) is 10.0 Å². The maximum Gasteiger partial charge on any atom is 0.241 e. The first-order valence-electron chi connectivity index (χ1n) is 7.19. The van der Waals surface area contributed by atoms with E-state index in [1.165, 1.54) is 6.07 Å². The normalized spacial score (nSPS) is 22.2. The lowest BCUT2D eigenvalue weighted by molar-refractivity contribution is 0.212. The summed E-state index contributed by atoms with van der Waals surface area (Å²) in [6, 6.07) is 2.28. The van der Waals surface area contributed by atoms with Gasteiger partial charge in [-0.1, -0.05) is 20.3 Å². The van der Waals surface area contributed by atoms with Gasteiger partial charge in [-0.15, -0.1) is 0 Å². The van der Waals surface area contributed by atoms with Crippen molar-refractivity contribution in [3.8, 4) is 0 Å². The van der Waals surface area contributed by atoms with Crippen molar-refractivity contribution in [3.63, 3.8) is 0 Å². The molecule has 21 heavy (non-hydrogen) atoms. The molecule has 1 fully saturated rings. The molecule has 1 unspecified atom stereocenters. The van der Waals surface area contributed by atoms with E-state index in [1.54, 1.807) is 6.92 Å². The van der Waals surface area contributed by atoms with E-state index in [9.17, 15) is 12.8 Å². The molecule has 2 rings (SSSR count). The topological polar surface area (TPSA) is 72.2 Å². The van der Waals surface area contributed by atoms with E-state index in [0.29, 0.717) is 5.56 Å². The number of anilines is 1. The van der Waals surface area contributed by atoms with Crippen molar-refractivity contribution >= 4 is 15.7 Å². The molecule has 0 heterocycles. The first-order chi connectivity index (χ1) is 9.61. The lowest BCUT2D eigenvalue weighted by Crippen LogP contribution is -2.40. The van der Waals surface area contributed by atoms with Crippen LogP contribution in [0.3, 0.4) is 0 Å². The third-order valence-electron chi connectivity index (χ3n) is 4.11. The summed E-state index contributed by atoms with van der Waals surface area (Å²) < 4.78 is 41.1. The zero-order valence-electron chi connectivity index (χ0n) is 12.7. The maximum atomic E-state index is 13.4. The van der Waals surface area contributed by atoms with Crippen LogP contribution in [0, 0.1) is 18.2 Å². The van der Waals surface area contributed by atoms with Gasteiger partial charge in [-0.25, -0.2) is 17.5 Å². The molecule has 118 valence electrons. The molecule has 1 aliphatic carbocycles. The summed E-state index contributed by atoms with van der Waals surface area (Å²) in [7, 11) is -3.68. The van der Waals surface area contributed by atoms with Crippen LogP contribution in [0.4, 0.5) is 10.1 Å². The van der Waals surface area contributed by atoms with E-state index in [-0.39, 0.29) is 22.0 Å². The minimum absolute atomic E-state index is 0.0600. The number of benzene rings is 1.